The summed E-state index contributed by atoms with van der Waals surface area (Å²) in [5.74, 6) is 1.12. The van der Waals surface area contributed by atoms with E-state index in [9.17, 15) is 0 Å². The van der Waals surface area contributed by atoms with Crippen molar-refractivity contribution in [2.24, 2.45) is 7.05 Å². The second-order valence-corrected chi connectivity index (χ2v) is 11.1. The Morgan fingerprint density at radius 1 is 0.667 bits per heavy atom. The number of imidazole rings is 1. The fourth-order valence-corrected chi connectivity index (χ4v) is 6.72. The highest BCUT2D eigenvalue weighted by Gasteiger charge is 2.33. The standard InChI is InChI=1S/C39H31N2O/c1-3-13-28-23-25-32-31-18-9-12-21-35(31)42-38(32)36(28)39-40(2)33-19-10-11-20-34(33)41(39)37-29-17-8-7-16-27(29)22-24-30(37)26-14-5-4-6-15-26/h4-12,14-25H,3,13H2,1-2H3/q+1. The molecule has 8 rings (SSSR count). The van der Waals surface area contributed by atoms with E-state index >= 15 is 0 Å². The number of nitrogens with zero attached hydrogens (tertiary/aromatic N) is 2. The van der Waals surface area contributed by atoms with Gasteiger partial charge in [0.25, 0.3) is 5.82 Å². The number of aryl methyl sites for hydroxylation is 2. The Hall–Kier alpha value is -5.15. The molecule has 0 bridgehead atoms. The number of hydrogen-bond acceptors (Lipinski definition) is 1. The lowest BCUT2D eigenvalue weighted by Gasteiger charge is -2.14. The zero-order chi connectivity index (χ0) is 28.2. The summed E-state index contributed by atoms with van der Waals surface area (Å²) in [5, 5.41) is 4.74. The second-order valence-electron chi connectivity index (χ2n) is 11.1. The first-order valence-electron chi connectivity index (χ1n) is 14.7. The van der Waals surface area contributed by atoms with Gasteiger partial charge in [-0.25, -0.2) is 4.57 Å². The van der Waals surface area contributed by atoms with Crippen molar-refractivity contribution in [1.29, 1.82) is 0 Å². The van der Waals surface area contributed by atoms with Gasteiger partial charge in [0, 0.05) is 21.7 Å². The minimum Gasteiger partial charge on any atom is -0.455 e. The summed E-state index contributed by atoms with van der Waals surface area (Å²) in [7, 11) is 2.19. The molecule has 0 saturated heterocycles. The maximum atomic E-state index is 6.74. The van der Waals surface area contributed by atoms with Crippen LogP contribution in [0.1, 0.15) is 18.9 Å². The fraction of sp³-hybridized carbons (Fsp3) is 0.103. The van der Waals surface area contributed by atoms with Crippen molar-refractivity contribution < 1.29 is 8.98 Å². The summed E-state index contributed by atoms with van der Waals surface area (Å²) in [6.07, 6.45) is 2.01. The zero-order valence-electron chi connectivity index (χ0n) is 23.8. The molecule has 0 atom stereocenters. The first-order valence-corrected chi connectivity index (χ1v) is 14.7. The zero-order valence-corrected chi connectivity index (χ0v) is 23.8. The SMILES string of the molecule is CCCc1ccc2c(oc3ccccc32)c1-c1n(-c2c(-c3ccccc3)ccc3ccccc23)c2ccccc2[n+]1C. The largest absolute Gasteiger partial charge is 0.455 e. The Bertz CT molecular complexity index is 2270. The van der Waals surface area contributed by atoms with Crippen LogP contribution in [0.2, 0.25) is 0 Å². The minimum atomic E-state index is 0.919. The van der Waals surface area contributed by atoms with E-state index in [1.54, 1.807) is 0 Å². The Balaban J connectivity index is 1.60. The Morgan fingerprint density at radius 3 is 2.26 bits per heavy atom. The third-order valence-electron chi connectivity index (χ3n) is 8.60. The molecular formula is C39H31N2O+. The summed E-state index contributed by atoms with van der Waals surface area (Å²) in [4.78, 5) is 0. The smallest absolute Gasteiger partial charge is 0.299 e. The number of rotatable bonds is 5. The van der Waals surface area contributed by atoms with Crippen LogP contribution in [0.25, 0.3) is 71.9 Å². The minimum absolute atomic E-state index is 0.919. The average Bonchev–Trinajstić information content (AvgIpc) is 3.56. The Labute approximate surface area is 244 Å². The highest BCUT2D eigenvalue weighted by molar-refractivity contribution is 6.10. The molecule has 42 heavy (non-hydrogen) atoms. The molecule has 3 nitrogen and oxygen atoms in total. The van der Waals surface area contributed by atoms with Gasteiger partial charge in [0.2, 0.25) is 0 Å². The van der Waals surface area contributed by atoms with Crippen LogP contribution in [0.3, 0.4) is 0 Å². The third kappa shape index (κ3) is 3.63. The van der Waals surface area contributed by atoms with Gasteiger partial charge in [-0.05, 0) is 47.2 Å². The van der Waals surface area contributed by atoms with Crippen LogP contribution in [-0.2, 0) is 13.5 Å². The van der Waals surface area contributed by atoms with E-state index in [2.05, 4.69) is 150 Å². The van der Waals surface area contributed by atoms with Gasteiger partial charge in [0.1, 0.15) is 16.8 Å². The first-order chi connectivity index (χ1) is 20.7. The molecule has 0 aliphatic heterocycles. The molecule has 2 aromatic heterocycles. The van der Waals surface area contributed by atoms with Crippen LogP contribution in [0.5, 0.6) is 0 Å². The summed E-state index contributed by atoms with van der Waals surface area (Å²) < 4.78 is 11.6. The van der Waals surface area contributed by atoms with Crippen LogP contribution in [-0.4, -0.2) is 4.57 Å². The number of aromatic nitrogens is 2. The Morgan fingerprint density at radius 2 is 1.40 bits per heavy atom. The lowest BCUT2D eigenvalue weighted by molar-refractivity contribution is -0.633. The molecule has 0 N–H and O–H groups in total. The van der Waals surface area contributed by atoms with Gasteiger partial charge < -0.3 is 4.42 Å². The number of benzene rings is 6. The van der Waals surface area contributed by atoms with Gasteiger partial charge in [-0.15, -0.1) is 0 Å². The van der Waals surface area contributed by atoms with Gasteiger partial charge in [-0.1, -0.05) is 116 Å². The van der Waals surface area contributed by atoms with Gasteiger partial charge in [-0.2, -0.15) is 4.57 Å². The van der Waals surface area contributed by atoms with E-state index in [-0.39, 0.29) is 0 Å². The molecule has 0 aliphatic carbocycles. The number of furan rings is 1. The monoisotopic (exact) mass is 543 g/mol. The molecule has 0 radical (unpaired) electrons. The summed E-state index contributed by atoms with van der Waals surface area (Å²) in [5.41, 5.74) is 10.2. The molecule has 2 heterocycles. The van der Waals surface area contributed by atoms with Crippen molar-refractivity contribution >= 4 is 43.7 Å². The molecule has 0 saturated carbocycles. The Kier molecular flexibility index (Phi) is 5.71. The predicted molar refractivity (Wildman–Crippen MR) is 174 cm³/mol. The molecule has 3 heteroatoms. The molecule has 0 aliphatic rings. The lowest BCUT2D eigenvalue weighted by Crippen LogP contribution is -2.30. The highest BCUT2D eigenvalue weighted by Crippen LogP contribution is 2.42. The molecule has 6 aromatic carbocycles. The van der Waals surface area contributed by atoms with Crippen LogP contribution < -0.4 is 4.57 Å². The van der Waals surface area contributed by atoms with Crippen LogP contribution >= 0.6 is 0 Å². The average molecular weight is 544 g/mol. The van der Waals surface area contributed by atoms with E-state index in [1.165, 1.54) is 44.2 Å². The van der Waals surface area contributed by atoms with Crippen molar-refractivity contribution in [2.75, 3.05) is 0 Å². The summed E-state index contributed by atoms with van der Waals surface area (Å²) in [6.45, 7) is 2.25. The van der Waals surface area contributed by atoms with Crippen molar-refractivity contribution in [1.82, 2.24) is 4.57 Å². The van der Waals surface area contributed by atoms with Crippen LogP contribution in [0, 0.1) is 0 Å². The van der Waals surface area contributed by atoms with E-state index in [0.29, 0.717) is 0 Å². The predicted octanol–water partition coefficient (Wildman–Crippen LogP) is 9.79. The molecule has 8 aromatic rings. The fourth-order valence-electron chi connectivity index (χ4n) is 6.72. The third-order valence-corrected chi connectivity index (χ3v) is 8.60. The normalized spacial score (nSPS) is 11.8. The summed E-state index contributed by atoms with van der Waals surface area (Å²) >= 11 is 0. The topological polar surface area (TPSA) is 21.9 Å². The maximum Gasteiger partial charge on any atom is 0.299 e. The van der Waals surface area contributed by atoms with Crippen molar-refractivity contribution in [3.63, 3.8) is 0 Å². The van der Waals surface area contributed by atoms with Crippen LogP contribution in [0.15, 0.2) is 132 Å². The van der Waals surface area contributed by atoms with Crippen molar-refractivity contribution in [3.05, 3.63) is 133 Å². The van der Waals surface area contributed by atoms with E-state index in [4.69, 9.17) is 4.42 Å². The molecular weight excluding hydrogens is 512 g/mol. The molecule has 0 fully saturated rings. The highest BCUT2D eigenvalue weighted by atomic mass is 16.3. The molecule has 202 valence electrons. The number of fused-ring (bicyclic) bond motifs is 5. The van der Waals surface area contributed by atoms with Crippen LogP contribution in [0.4, 0.5) is 0 Å². The lowest BCUT2D eigenvalue weighted by atomic mass is 9.96. The number of para-hydroxylation sites is 3. The van der Waals surface area contributed by atoms with E-state index in [1.807, 2.05) is 0 Å². The molecule has 0 unspecified atom stereocenters. The second kappa shape index (κ2) is 9.74. The van der Waals surface area contributed by atoms with Gasteiger partial charge in [0.05, 0.1) is 7.05 Å². The summed E-state index contributed by atoms with van der Waals surface area (Å²) in [6, 6.07) is 45.7. The van der Waals surface area contributed by atoms with Gasteiger partial charge in [-0.3, -0.25) is 0 Å². The number of hydrogen-bond donors (Lipinski definition) is 0. The van der Waals surface area contributed by atoms with E-state index < -0.39 is 0 Å². The van der Waals surface area contributed by atoms with Crippen molar-refractivity contribution in [3.8, 4) is 28.2 Å². The van der Waals surface area contributed by atoms with E-state index in [0.717, 1.165) is 46.2 Å². The molecule has 0 spiro atoms. The first kappa shape index (κ1) is 24.6. The maximum absolute atomic E-state index is 6.74. The van der Waals surface area contributed by atoms with Gasteiger partial charge >= 0.3 is 0 Å². The van der Waals surface area contributed by atoms with Crippen molar-refractivity contribution in [2.45, 2.75) is 19.8 Å². The quantitative estimate of drug-likeness (QED) is 0.198. The molecule has 0 amide bonds. The van der Waals surface area contributed by atoms with Gasteiger partial charge in [0.15, 0.2) is 16.6 Å².